The van der Waals surface area contributed by atoms with Crippen LogP contribution in [0.15, 0.2) is 63.0 Å². The molecule has 9 heteroatoms. The van der Waals surface area contributed by atoms with Gasteiger partial charge in [-0.25, -0.2) is 14.3 Å². The largest absolute Gasteiger partial charge is 0.343 e. The van der Waals surface area contributed by atoms with Crippen LogP contribution in [0, 0.1) is 5.82 Å². The van der Waals surface area contributed by atoms with Crippen LogP contribution in [0.3, 0.4) is 0 Å². The fourth-order valence-electron chi connectivity index (χ4n) is 2.51. The molecule has 0 bridgehead atoms. The number of anilines is 1. The molecule has 1 heterocycles. The van der Waals surface area contributed by atoms with Crippen molar-refractivity contribution < 1.29 is 9.18 Å². The minimum atomic E-state index is -0.575. The van der Waals surface area contributed by atoms with Crippen LogP contribution in [0.1, 0.15) is 12.5 Å². The molecule has 28 heavy (non-hydrogen) atoms. The number of amides is 1. The van der Waals surface area contributed by atoms with E-state index >= 15 is 0 Å². The van der Waals surface area contributed by atoms with Gasteiger partial charge in [-0.1, -0.05) is 58.0 Å². The summed E-state index contributed by atoms with van der Waals surface area (Å²) in [6, 6.07) is 14.2. The average Bonchev–Trinajstić information content (AvgIpc) is 3.02. The number of hydrogen-bond donors (Lipinski definition) is 2. The van der Waals surface area contributed by atoms with Crippen molar-refractivity contribution >= 4 is 39.3 Å². The number of aromatic nitrogens is 3. The molecule has 3 aromatic rings. The number of carbonyl (C=O) groups excluding carboxylic acids is 1. The molecule has 0 saturated heterocycles. The SMILES string of the molecule is CC(Sc1n[nH]c(=O)n1CCc1ccccc1)C(=O)Nc1ccc(Br)cc1F. The first-order chi connectivity index (χ1) is 13.4. The monoisotopic (exact) mass is 464 g/mol. The highest BCUT2D eigenvalue weighted by Gasteiger charge is 2.20. The first-order valence-corrected chi connectivity index (χ1v) is 10.2. The van der Waals surface area contributed by atoms with E-state index in [0.717, 1.165) is 17.3 Å². The summed E-state index contributed by atoms with van der Waals surface area (Å²) in [6.45, 7) is 2.12. The quantitative estimate of drug-likeness (QED) is 0.520. The Morgan fingerprint density at radius 3 is 2.79 bits per heavy atom. The van der Waals surface area contributed by atoms with Crippen molar-refractivity contribution in [1.82, 2.24) is 14.8 Å². The highest BCUT2D eigenvalue weighted by Crippen LogP contribution is 2.24. The Bertz CT molecular complexity index is 1020. The van der Waals surface area contributed by atoms with Gasteiger partial charge in [0.15, 0.2) is 5.16 Å². The lowest BCUT2D eigenvalue weighted by atomic mass is 10.1. The Hall–Kier alpha value is -2.39. The first-order valence-electron chi connectivity index (χ1n) is 8.55. The normalized spacial score (nSPS) is 12.0. The number of thioether (sulfide) groups is 1. The third kappa shape index (κ3) is 5.11. The molecule has 2 N–H and O–H groups in total. The summed E-state index contributed by atoms with van der Waals surface area (Å²) in [5, 5.41) is 8.84. The number of hydrogen-bond acceptors (Lipinski definition) is 4. The first kappa shape index (κ1) is 20.3. The number of nitrogens with one attached hydrogen (secondary N) is 2. The molecule has 0 radical (unpaired) electrons. The van der Waals surface area contributed by atoms with Gasteiger partial charge in [0.25, 0.3) is 0 Å². The van der Waals surface area contributed by atoms with E-state index in [0.29, 0.717) is 22.6 Å². The number of nitrogens with zero attached hydrogens (tertiary/aromatic N) is 2. The smallest absolute Gasteiger partial charge is 0.323 e. The van der Waals surface area contributed by atoms with Crippen molar-refractivity contribution in [1.29, 1.82) is 0 Å². The van der Waals surface area contributed by atoms with Crippen molar-refractivity contribution in [2.45, 2.75) is 30.3 Å². The Kier molecular flexibility index (Phi) is 6.69. The van der Waals surface area contributed by atoms with E-state index in [9.17, 15) is 14.0 Å². The molecular weight excluding hydrogens is 447 g/mol. The Labute approximate surface area is 173 Å². The molecule has 1 aromatic heterocycles. The lowest BCUT2D eigenvalue weighted by Gasteiger charge is -2.13. The zero-order valence-electron chi connectivity index (χ0n) is 15.0. The van der Waals surface area contributed by atoms with Crippen LogP contribution in [0.5, 0.6) is 0 Å². The van der Waals surface area contributed by atoms with Crippen LogP contribution in [0.2, 0.25) is 0 Å². The van der Waals surface area contributed by atoms with E-state index in [2.05, 4.69) is 31.4 Å². The van der Waals surface area contributed by atoms with E-state index in [1.165, 1.54) is 16.7 Å². The fraction of sp³-hybridized carbons (Fsp3) is 0.211. The summed E-state index contributed by atoms with van der Waals surface area (Å²) in [4.78, 5) is 24.5. The van der Waals surface area contributed by atoms with Gasteiger partial charge in [-0.2, -0.15) is 0 Å². The van der Waals surface area contributed by atoms with E-state index in [4.69, 9.17) is 0 Å². The van der Waals surface area contributed by atoms with E-state index in [1.54, 1.807) is 13.0 Å². The van der Waals surface area contributed by atoms with E-state index in [-0.39, 0.29) is 17.3 Å². The highest BCUT2D eigenvalue weighted by atomic mass is 79.9. The topological polar surface area (TPSA) is 79.8 Å². The Balaban J connectivity index is 1.66. The second-order valence-corrected chi connectivity index (χ2v) is 8.30. The zero-order valence-corrected chi connectivity index (χ0v) is 17.4. The molecule has 0 aliphatic carbocycles. The number of rotatable bonds is 7. The third-order valence-corrected chi connectivity index (χ3v) is 5.61. The zero-order chi connectivity index (χ0) is 20.1. The van der Waals surface area contributed by atoms with Crippen molar-refractivity contribution in [2.75, 3.05) is 5.32 Å². The predicted octanol–water partition coefficient (Wildman–Crippen LogP) is 3.84. The highest BCUT2D eigenvalue weighted by molar-refractivity contribution is 9.10. The van der Waals surface area contributed by atoms with Gasteiger partial charge in [0.2, 0.25) is 5.91 Å². The summed E-state index contributed by atoms with van der Waals surface area (Å²) < 4.78 is 16.0. The molecule has 3 rings (SSSR count). The lowest BCUT2D eigenvalue weighted by molar-refractivity contribution is -0.115. The van der Waals surface area contributed by atoms with E-state index < -0.39 is 11.1 Å². The molecule has 0 spiro atoms. The number of carbonyl (C=O) groups is 1. The van der Waals surface area contributed by atoms with Crippen LogP contribution >= 0.6 is 27.7 Å². The van der Waals surface area contributed by atoms with Gasteiger partial charge >= 0.3 is 5.69 Å². The lowest BCUT2D eigenvalue weighted by Crippen LogP contribution is -2.24. The summed E-state index contributed by atoms with van der Waals surface area (Å²) in [7, 11) is 0. The minimum absolute atomic E-state index is 0.101. The Morgan fingerprint density at radius 2 is 2.07 bits per heavy atom. The maximum Gasteiger partial charge on any atom is 0.343 e. The maximum absolute atomic E-state index is 13.9. The second-order valence-electron chi connectivity index (χ2n) is 6.07. The van der Waals surface area contributed by atoms with Crippen LogP contribution in [-0.4, -0.2) is 25.9 Å². The fourth-order valence-corrected chi connectivity index (χ4v) is 3.73. The molecule has 1 unspecified atom stereocenters. The molecule has 0 aliphatic heterocycles. The van der Waals surface area contributed by atoms with Gasteiger partial charge < -0.3 is 5.32 Å². The van der Waals surface area contributed by atoms with Crippen molar-refractivity contribution in [3.8, 4) is 0 Å². The molecule has 1 atom stereocenters. The number of aryl methyl sites for hydroxylation is 1. The molecule has 146 valence electrons. The standard InChI is InChI=1S/C19H18BrFN4O2S/c1-12(17(26)22-16-8-7-14(20)11-15(16)21)28-19-24-23-18(27)25(19)10-9-13-5-3-2-4-6-13/h2-8,11-12H,9-10H2,1H3,(H,22,26)(H,23,27). The molecule has 0 aliphatic rings. The van der Waals surface area contributed by atoms with Gasteiger partial charge in [-0.05, 0) is 37.1 Å². The van der Waals surface area contributed by atoms with E-state index in [1.807, 2.05) is 30.3 Å². The molecule has 0 saturated carbocycles. The van der Waals surface area contributed by atoms with Crippen LogP contribution < -0.4 is 11.0 Å². The Morgan fingerprint density at radius 1 is 1.32 bits per heavy atom. The second kappa shape index (κ2) is 9.20. The van der Waals surface area contributed by atoms with Crippen LogP contribution in [-0.2, 0) is 17.8 Å². The van der Waals surface area contributed by atoms with Crippen LogP contribution in [0.25, 0.3) is 0 Å². The third-order valence-electron chi connectivity index (χ3n) is 4.03. The van der Waals surface area contributed by atoms with Gasteiger partial charge in [0, 0.05) is 11.0 Å². The molecule has 0 fully saturated rings. The average molecular weight is 465 g/mol. The number of halogens is 2. The van der Waals surface area contributed by atoms with Crippen LogP contribution in [0.4, 0.5) is 10.1 Å². The van der Waals surface area contributed by atoms with Gasteiger partial charge in [-0.3, -0.25) is 9.36 Å². The maximum atomic E-state index is 13.9. The minimum Gasteiger partial charge on any atom is -0.323 e. The summed E-state index contributed by atoms with van der Waals surface area (Å²) >= 11 is 4.32. The number of benzene rings is 2. The van der Waals surface area contributed by atoms with Crippen molar-refractivity contribution in [2.24, 2.45) is 0 Å². The summed E-state index contributed by atoms with van der Waals surface area (Å²) in [5.41, 5.74) is 0.872. The van der Waals surface area contributed by atoms with Gasteiger partial charge in [0.05, 0.1) is 10.9 Å². The molecule has 2 aromatic carbocycles. The van der Waals surface area contributed by atoms with Gasteiger partial charge in [0.1, 0.15) is 5.82 Å². The van der Waals surface area contributed by atoms with Gasteiger partial charge in [-0.15, -0.1) is 5.10 Å². The molecule has 1 amide bonds. The number of H-pyrrole nitrogens is 1. The number of aromatic amines is 1. The summed E-state index contributed by atoms with van der Waals surface area (Å²) in [5.74, 6) is -0.907. The predicted molar refractivity (Wildman–Crippen MR) is 111 cm³/mol. The molecular formula is C19H18BrFN4O2S. The van der Waals surface area contributed by atoms with Crippen molar-refractivity contribution in [3.63, 3.8) is 0 Å². The summed E-state index contributed by atoms with van der Waals surface area (Å²) in [6.07, 6.45) is 0.665. The molecule has 6 nitrogen and oxygen atoms in total. The van der Waals surface area contributed by atoms with Crippen molar-refractivity contribution in [3.05, 3.63) is 74.9 Å².